The summed E-state index contributed by atoms with van der Waals surface area (Å²) in [6.07, 6.45) is 0. The molecule has 32 heavy (non-hydrogen) atoms. The predicted molar refractivity (Wildman–Crippen MR) is 114 cm³/mol. The lowest BCUT2D eigenvalue weighted by Crippen LogP contribution is -2.26. The molecule has 3 aromatic rings. The van der Waals surface area contributed by atoms with Crippen molar-refractivity contribution in [2.45, 2.75) is 13.5 Å². The van der Waals surface area contributed by atoms with Gasteiger partial charge >= 0.3 is 5.97 Å². The SMILES string of the molecule is Cc1ccc(CNC(=O)c2ccccc2NC(=O)COC(=O)c2ccc(F)c(F)c2)cc1. The molecule has 164 valence electrons. The third kappa shape index (κ3) is 5.98. The van der Waals surface area contributed by atoms with Gasteiger partial charge in [0.05, 0.1) is 16.8 Å². The molecule has 0 spiro atoms. The molecule has 3 aromatic carbocycles. The van der Waals surface area contributed by atoms with Gasteiger partial charge in [-0.25, -0.2) is 13.6 Å². The average Bonchev–Trinajstić information content (AvgIpc) is 2.79. The van der Waals surface area contributed by atoms with Crippen LogP contribution in [0.15, 0.2) is 66.7 Å². The first kappa shape index (κ1) is 22.6. The highest BCUT2D eigenvalue weighted by molar-refractivity contribution is 6.04. The van der Waals surface area contributed by atoms with Crippen LogP contribution in [-0.2, 0) is 16.1 Å². The number of para-hydroxylation sites is 1. The monoisotopic (exact) mass is 438 g/mol. The van der Waals surface area contributed by atoms with Crippen LogP contribution in [0, 0.1) is 18.6 Å². The number of ether oxygens (including phenoxy) is 1. The van der Waals surface area contributed by atoms with E-state index in [1.165, 1.54) is 6.07 Å². The van der Waals surface area contributed by atoms with Crippen molar-refractivity contribution in [1.82, 2.24) is 5.32 Å². The zero-order valence-corrected chi connectivity index (χ0v) is 17.2. The summed E-state index contributed by atoms with van der Waals surface area (Å²) in [5.74, 6) is -4.37. The largest absolute Gasteiger partial charge is 0.452 e. The molecule has 8 heteroatoms. The summed E-state index contributed by atoms with van der Waals surface area (Å²) in [5.41, 5.74) is 2.28. The molecule has 6 nitrogen and oxygen atoms in total. The van der Waals surface area contributed by atoms with Crippen LogP contribution < -0.4 is 10.6 Å². The highest BCUT2D eigenvalue weighted by Gasteiger charge is 2.16. The Morgan fingerprint density at radius 1 is 0.906 bits per heavy atom. The van der Waals surface area contributed by atoms with Crippen LogP contribution >= 0.6 is 0 Å². The molecule has 0 radical (unpaired) electrons. The Hall–Kier alpha value is -4.07. The summed E-state index contributed by atoms with van der Waals surface area (Å²) in [6, 6.07) is 16.6. The minimum Gasteiger partial charge on any atom is -0.452 e. The number of carbonyl (C=O) groups excluding carboxylic acids is 3. The van der Waals surface area contributed by atoms with Crippen LogP contribution in [0.4, 0.5) is 14.5 Å². The minimum atomic E-state index is -1.20. The van der Waals surface area contributed by atoms with Gasteiger partial charge < -0.3 is 15.4 Å². The lowest BCUT2D eigenvalue weighted by atomic mass is 10.1. The van der Waals surface area contributed by atoms with Gasteiger partial charge in [0, 0.05) is 6.54 Å². The first-order valence-corrected chi connectivity index (χ1v) is 9.68. The number of aryl methyl sites for hydroxylation is 1. The quantitative estimate of drug-likeness (QED) is 0.546. The van der Waals surface area contributed by atoms with E-state index in [1.807, 2.05) is 31.2 Å². The van der Waals surface area contributed by atoms with Crippen molar-refractivity contribution in [3.63, 3.8) is 0 Å². The fraction of sp³-hybridized carbons (Fsp3) is 0.125. The molecule has 0 aliphatic heterocycles. The van der Waals surface area contributed by atoms with Crippen LogP contribution in [0.3, 0.4) is 0 Å². The summed E-state index contributed by atoms with van der Waals surface area (Å²) in [4.78, 5) is 36.7. The van der Waals surface area contributed by atoms with Gasteiger partial charge in [-0.1, -0.05) is 42.0 Å². The second-order valence-electron chi connectivity index (χ2n) is 6.97. The molecule has 0 aliphatic rings. The molecular weight excluding hydrogens is 418 g/mol. The Bertz CT molecular complexity index is 1150. The lowest BCUT2D eigenvalue weighted by molar-refractivity contribution is -0.119. The molecule has 0 atom stereocenters. The fourth-order valence-electron chi connectivity index (χ4n) is 2.80. The number of amides is 2. The van der Waals surface area contributed by atoms with E-state index in [0.29, 0.717) is 12.6 Å². The number of hydrogen-bond donors (Lipinski definition) is 2. The smallest absolute Gasteiger partial charge is 0.338 e. The number of esters is 1. The number of anilines is 1. The van der Waals surface area contributed by atoms with Crippen LogP contribution in [0.5, 0.6) is 0 Å². The molecular formula is C24H20F2N2O4. The summed E-state index contributed by atoms with van der Waals surface area (Å²) in [6.45, 7) is 1.61. The summed E-state index contributed by atoms with van der Waals surface area (Å²) in [5, 5.41) is 5.30. The Balaban J connectivity index is 1.58. The van der Waals surface area contributed by atoms with Crippen molar-refractivity contribution in [2.75, 3.05) is 11.9 Å². The van der Waals surface area contributed by atoms with Crippen molar-refractivity contribution in [2.24, 2.45) is 0 Å². The average molecular weight is 438 g/mol. The molecule has 0 unspecified atom stereocenters. The Labute approximate surface area is 183 Å². The summed E-state index contributed by atoms with van der Waals surface area (Å²) < 4.78 is 31.0. The van der Waals surface area contributed by atoms with Crippen molar-refractivity contribution >= 4 is 23.5 Å². The van der Waals surface area contributed by atoms with Gasteiger partial charge in [-0.15, -0.1) is 0 Å². The highest BCUT2D eigenvalue weighted by atomic mass is 19.2. The number of halogens is 2. The minimum absolute atomic E-state index is 0.229. The number of carbonyl (C=O) groups is 3. The lowest BCUT2D eigenvalue weighted by Gasteiger charge is -2.12. The molecule has 0 saturated heterocycles. The van der Waals surface area contributed by atoms with Gasteiger partial charge in [0.1, 0.15) is 0 Å². The molecule has 0 fully saturated rings. The molecule has 2 N–H and O–H groups in total. The third-order valence-electron chi connectivity index (χ3n) is 4.51. The van der Waals surface area contributed by atoms with Crippen LogP contribution in [-0.4, -0.2) is 24.4 Å². The van der Waals surface area contributed by atoms with Crippen LogP contribution in [0.2, 0.25) is 0 Å². The van der Waals surface area contributed by atoms with Crippen molar-refractivity contribution in [1.29, 1.82) is 0 Å². The normalized spacial score (nSPS) is 10.3. The maximum atomic E-state index is 13.2. The number of nitrogens with one attached hydrogen (secondary N) is 2. The molecule has 3 rings (SSSR count). The molecule has 0 aliphatic carbocycles. The van der Waals surface area contributed by atoms with E-state index in [-0.39, 0.29) is 22.7 Å². The van der Waals surface area contributed by atoms with Crippen LogP contribution in [0.1, 0.15) is 31.8 Å². The zero-order valence-electron chi connectivity index (χ0n) is 17.2. The molecule has 2 amide bonds. The van der Waals surface area contributed by atoms with E-state index in [1.54, 1.807) is 18.2 Å². The second-order valence-corrected chi connectivity index (χ2v) is 6.97. The van der Waals surface area contributed by atoms with Crippen LogP contribution in [0.25, 0.3) is 0 Å². The fourth-order valence-corrected chi connectivity index (χ4v) is 2.80. The van der Waals surface area contributed by atoms with Gasteiger partial charge in [-0.3, -0.25) is 9.59 Å². The number of hydrogen-bond acceptors (Lipinski definition) is 4. The van der Waals surface area contributed by atoms with E-state index in [2.05, 4.69) is 10.6 Å². The molecule has 0 aromatic heterocycles. The maximum absolute atomic E-state index is 13.2. The van der Waals surface area contributed by atoms with E-state index >= 15 is 0 Å². The number of benzene rings is 3. The van der Waals surface area contributed by atoms with E-state index < -0.39 is 30.1 Å². The summed E-state index contributed by atoms with van der Waals surface area (Å²) in [7, 11) is 0. The standard InChI is InChI=1S/C24H20F2N2O4/c1-15-6-8-16(9-7-15)13-27-23(30)18-4-2-3-5-21(18)28-22(29)14-32-24(31)17-10-11-19(25)20(26)12-17/h2-12H,13-14H2,1H3,(H,27,30)(H,28,29). The van der Waals surface area contributed by atoms with E-state index in [9.17, 15) is 23.2 Å². The Kier molecular flexibility index (Phi) is 7.28. The number of rotatable bonds is 7. The van der Waals surface area contributed by atoms with E-state index in [0.717, 1.165) is 23.3 Å². The summed E-state index contributed by atoms with van der Waals surface area (Å²) >= 11 is 0. The predicted octanol–water partition coefficient (Wildman–Crippen LogP) is 4.00. The Morgan fingerprint density at radius 2 is 1.62 bits per heavy atom. The zero-order chi connectivity index (χ0) is 23.1. The first-order valence-electron chi connectivity index (χ1n) is 9.68. The first-order chi connectivity index (χ1) is 15.3. The van der Waals surface area contributed by atoms with Crippen molar-refractivity contribution in [3.8, 4) is 0 Å². The van der Waals surface area contributed by atoms with Crippen molar-refractivity contribution in [3.05, 3.63) is 101 Å². The topological polar surface area (TPSA) is 84.5 Å². The third-order valence-corrected chi connectivity index (χ3v) is 4.51. The second kappa shape index (κ2) is 10.3. The highest BCUT2D eigenvalue weighted by Crippen LogP contribution is 2.16. The van der Waals surface area contributed by atoms with Gasteiger partial charge in [-0.2, -0.15) is 0 Å². The molecule has 0 heterocycles. The van der Waals surface area contributed by atoms with Gasteiger partial charge in [0.2, 0.25) is 0 Å². The van der Waals surface area contributed by atoms with Gasteiger partial charge in [-0.05, 0) is 42.8 Å². The molecule has 0 bridgehead atoms. The molecule has 0 saturated carbocycles. The Morgan fingerprint density at radius 3 is 2.34 bits per heavy atom. The maximum Gasteiger partial charge on any atom is 0.338 e. The van der Waals surface area contributed by atoms with E-state index in [4.69, 9.17) is 4.74 Å². The van der Waals surface area contributed by atoms with Crippen molar-refractivity contribution < 1.29 is 27.9 Å². The van der Waals surface area contributed by atoms with Gasteiger partial charge in [0.25, 0.3) is 11.8 Å². The van der Waals surface area contributed by atoms with Gasteiger partial charge in [0.15, 0.2) is 18.2 Å².